The minimum absolute atomic E-state index is 0.0515. The van der Waals surface area contributed by atoms with Crippen LogP contribution in [0.3, 0.4) is 0 Å². The van der Waals surface area contributed by atoms with Crippen molar-refractivity contribution in [2.24, 2.45) is 0 Å². The van der Waals surface area contributed by atoms with E-state index in [1.54, 1.807) is 24.3 Å². The number of esters is 1. The minimum Gasteiger partial charge on any atom is -0.508 e. The van der Waals surface area contributed by atoms with Gasteiger partial charge < -0.3 is 19.9 Å². The number of rotatable bonds is 6. The Morgan fingerprint density at radius 1 is 0.893 bits per heavy atom. The summed E-state index contributed by atoms with van der Waals surface area (Å²) >= 11 is 0. The number of phenols is 1. The van der Waals surface area contributed by atoms with Crippen LogP contribution in [-0.4, -0.2) is 23.1 Å². The molecule has 0 heterocycles. The number of hydrogen-bond acceptors (Lipinski definition) is 5. The third-order valence-electron chi connectivity index (χ3n) is 3.84. The average Bonchev–Trinajstić information content (AvgIpc) is 2.70. The van der Waals surface area contributed by atoms with Gasteiger partial charge in [0.25, 0.3) is 5.91 Å². The molecule has 3 rings (SSSR count). The van der Waals surface area contributed by atoms with Gasteiger partial charge in [0, 0.05) is 5.69 Å². The molecule has 0 spiro atoms. The first-order valence-electron chi connectivity index (χ1n) is 8.65. The van der Waals surface area contributed by atoms with E-state index in [0.29, 0.717) is 17.2 Å². The van der Waals surface area contributed by atoms with Crippen LogP contribution in [0.15, 0.2) is 78.9 Å². The Kier molecular flexibility index (Phi) is 5.91. The molecule has 0 fully saturated rings. The molecule has 0 aliphatic heterocycles. The van der Waals surface area contributed by atoms with E-state index in [9.17, 15) is 14.7 Å². The summed E-state index contributed by atoms with van der Waals surface area (Å²) in [7, 11) is 0. The maximum absolute atomic E-state index is 12.3. The summed E-state index contributed by atoms with van der Waals surface area (Å²) in [5.41, 5.74) is 0.715. The molecule has 3 aromatic carbocycles. The molecule has 0 aromatic heterocycles. The monoisotopic (exact) mass is 377 g/mol. The molecule has 2 N–H and O–H groups in total. The highest BCUT2D eigenvalue weighted by atomic mass is 16.5. The normalized spacial score (nSPS) is 11.3. The number of benzene rings is 3. The molecule has 28 heavy (non-hydrogen) atoms. The Morgan fingerprint density at radius 2 is 1.57 bits per heavy atom. The van der Waals surface area contributed by atoms with Gasteiger partial charge in [0.05, 0.1) is 5.56 Å². The number of carbonyl (C=O) groups is 2. The smallest absolute Gasteiger partial charge is 0.339 e. The third-order valence-corrected chi connectivity index (χ3v) is 3.84. The van der Waals surface area contributed by atoms with E-state index in [1.165, 1.54) is 31.2 Å². The van der Waals surface area contributed by atoms with Gasteiger partial charge in [-0.1, -0.05) is 24.3 Å². The lowest BCUT2D eigenvalue weighted by Crippen LogP contribution is -2.29. The van der Waals surface area contributed by atoms with Gasteiger partial charge >= 0.3 is 5.97 Å². The molecular weight excluding hydrogens is 358 g/mol. The van der Waals surface area contributed by atoms with Crippen LogP contribution in [-0.2, 0) is 9.53 Å². The number of carbonyl (C=O) groups excluding carboxylic acids is 2. The van der Waals surface area contributed by atoms with Crippen molar-refractivity contribution in [1.29, 1.82) is 0 Å². The van der Waals surface area contributed by atoms with Crippen molar-refractivity contribution in [1.82, 2.24) is 0 Å². The van der Waals surface area contributed by atoms with Crippen LogP contribution in [0.1, 0.15) is 17.3 Å². The number of phenolic OH excluding ortho intramolecular Hbond substituents is 1. The molecular formula is C22H19NO5. The largest absolute Gasteiger partial charge is 0.508 e. The van der Waals surface area contributed by atoms with Crippen LogP contribution in [0.4, 0.5) is 5.69 Å². The van der Waals surface area contributed by atoms with Crippen LogP contribution in [0.25, 0.3) is 0 Å². The fourth-order valence-corrected chi connectivity index (χ4v) is 2.39. The Balaban J connectivity index is 1.55. The van der Waals surface area contributed by atoms with E-state index < -0.39 is 18.0 Å². The number of nitrogens with one attached hydrogen (secondary N) is 1. The highest BCUT2D eigenvalue weighted by Gasteiger charge is 2.19. The van der Waals surface area contributed by atoms with E-state index in [4.69, 9.17) is 9.47 Å². The highest BCUT2D eigenvalue weighted by Crippen LogP contribution is 2.22. The molecule has 1 amide bonds. The fraction of sp³-hybridized carbons (Fsp3) is 0.0909. The predicted molar refractivity (Wildman–Crippen MR) is 105 cm³/mol. The number of ether oxygens (including phenoxy) is 2. The molecule has 6 nitrogen and oxygen atoms in total. The summed E-state index contributed by atoms with van der Waals surface area (Å²) < 4.78 is 10.8. The zero-order valence-corrected chi connectivity index (χ0v) is 15.2. The quantitative estimate of drug-likeness (QED) is 0.623. The standard InChI is InChI=1S/C22H19NO5/c1-15(27-22(26)16-6-5-7-18(24)14-16)21(25)23-17-10-12-20(13-11-17)28-19-8-3-2-4-9-19/h2-15,24H,1H3,(H,23,25). The Bertz CT molecular complexity index is 954. The molecule has 142 valence electrons. The number of aromatic hydroxyl groups is 1. The highest BCUT2D eigenvalue weighted by molar-refractivity contribution is 5.97. The van der Waals surface area contributed by atoms with Crippen molar-refractivity contribution < 1.29 is 24.2 Å². The first-order valence-corrected chi connectivity index (χ1v) is 8.65. The molecule has 1 atom stereocenters. The molecule has 1 unspecified atom stereocenters. The minimum atomic E-state index is -1.00. The molecule has 0 bridgehead atoms. The van der Waals surface area contributed by atoms with Gasteiger partial charge in [0.1, 0.15) is 17.2 Å². The van der Waals surface area contributed by atoms with Crippen molar-refractivity contribution >= 4 is 17.6 Å². The average molecular weight is 377 g/mol. The van der Waals surface area contributed by atoms with Crippen LogP contribution in [0.5, 0.6) is 17.2 Å². The maximum atomic E-state index is 12.3. The third kappa shape index (κ3) is 5.11. The van der Waals surface area contributed by atoms with Crippen LogP contribution < -0.4 is 10.1 Å². The van der Waals surface area contributed by atoms with Crippen molar-refractivity contribution in [3.05, 3.63) is 84.4 Å². The predicted octanol–water partition coefficient (Wildman–Crippen LogP) is 4.37. The number of hydrogen-bond donors (Lipinski definition) is 2. The van der Waals surface area contributed by atoms with Crippen molar-refractivity contribution in [3.8, 4) is 17.2 Å². The lowest BCUT2D eigenvalue weighted by molar-refractivity contribution is -0.123. The van der Waals surface area contributed by atoms with Gasteiger partial charge in [-0.3, -0.25) is 4.79 Å². The van der Waals surface area contributed by atoms with E-state index in [-0.39, 0.29) is 11.3 Å². The number of para-hydroxylation sites is 1. The van der Waals surface area contributed by atoms with Gasteiger partial charge in [0.15, 0.2) is 6.10 Å². The van der Waals surface area contributed by atoms with E-state index >= 15 is 0 Å². The number of amides is 1. The van der Waals surface area contributed by atoms with Gasteiger partial charge in [-0.15, -0.1) is 0 Å². The summed E-state index contributed by atoms with van der Waals surface area (Å²) in [5, 5.41) is 12.1. The van der Waals surface area contributed by atoms with Crippen LogP contribution in [0.2, 0.25) is 0 Å². The molecule has 0 radical (unpaired) electrons. The zero-order chi connectivity index (χ0) is 19.9. The fourth-order valence-electron chi connectivity index (χ4n) is 2.39. The molecule has 0 saturated carbocycles. The van der Waals surface area contributed by atoms with Gasteiger partial charge in [-0.25, -0.2) is 4.79 Å². The Hall–Kier alpha value is -3.80. The van der Waals surface area contributed by atoms with Gasteiger partial charge in [-0.05, 0) is 61.5 Å². The molecule has 3 aromatic rings. The summed E-state index contributed by atoms with van der Waals surface area (Å²) in [6.07, 6.45) is -1.00. The number of anilines is 1. The first-order chi connectivity index (χ1) is 13.5. The summed E-state index contributed by atoms with van der Waals surface area (Å²) in [4.78, 5) is 24.3. The van der Waals surface area contributed by atoms with E-state index in [2.05, 4.69) is 5.32 Å². The second-order valence-corrected chi connectivity index (χ2v) is 6.03. The van der Waals surface area contributed by atoms with E-state index in [1.807, 2.05) is 30.3 Å². The summed E-state index contributed by atoms with van der Waals surface area (Å²) in [6.45, 7) is 1.48. The Morgan fingerprint density at radius 3 is 2.25 bits per heavy atom. The van der Waals surface area contributed by atoms with Gasteiger partial charge in [-0.2, -0.15) is 0 Å². The summed E-state index contributed by atoms with van der Waals surface area (Å²) in [5.74, 6) is 0.138. The van der Waals surface area contributed by atoms with E-state index in [0.717, 1.165) is 0 Å². The van der Waals surface area contributed by atoms with Crippen LogP contribution in [0, 0.1) is 0 Å². The second kappa shape index (κ2) is 8.73. The maximum Gasteiger partial charge on any atom is 0.339 e. The van der Waals surface area contributed by atoms with Crippen molar-refractivity contribution in [2.75, 3.05) is 5.32 Å². The molecule has 0 aliphatic rings. The Labute approximate surface area is 162 Å². The topological polar surface area (TPSA) is 84.9 Å². The second-order valence-electron chi connectivity index (χ2n) is 6.03. The van der Waals surface area contributed by atoms with Gasteiger partial charge in [0.2, 0.25) is 0 Å². The lowest BCUT2D eigenvalue weighted by atomic mass is 10.2. The zero-order valence-electron chi connectivity index (χ0n) is 15.2. The molecule has 6 heteroatoms. The van der Waals surface area contributed by atoms with Crippen molar-refractivity contribution in [3.63, 3.8) is 0 Å². The van der Waals surface area contributed by atoms with Crippen molar-refractivity contribution in [2.45, 2.75) is 13.0 Å². The SMILES string of the molecule is CC(OC(=O)c1cccc(O)c1)C(=O)Nc1ccc(Oc2ccccc2)cc1. The molecule has 0 saturated heterocycles. The van der Waals surface area contributed by atoms with Crippen LogP contribution >= 0.6 is 0 Å². The summed E-state index contributed by atoms with van der Waals surface area (Å²) in [6, 6.07) is 21.9. The molecule has 0 aliphatic carbocycles. The lowest BCUT2D eigenvalue weighted by Gasteiger charge is -2.14. The first kappa shape index (κ1) is 19.0.